The number of hydrogen-bond donors (Lipinski definition) is 8. The molecule has 10 N–H and O–H groups in total. The molecule has 0 aromatic carbocycles. The number of amides is 2. The Bertz CT molecular complexity index is 4060. The van der Waals surface area contributed by atoms with Crippen molar-refractivity contribution in [2.24, 2.45) is 11.5 Å². The number of anilines is 8. The van der Waals surface area contributed by atoms with E-state index < -0.39 is 17.9 Å². The monoisotopic (exact) mass is 1150 g/mol. The number of fused-ring (bicyclic) bond motifs is 4. The number of nitrogens with zero attached hydrogens (tertiary/aromatic N) is 10. The molecular formula is C50H50N16O11S3. The number of carbonyl (C=O) groups is 2. The van der Waals surface area contributed by atoms with Crippen molar-refractivity contribution in [3.63, 3.8) is 0 Å². The van der Waals surface area contributed by atoms with Crippen molar-refractivity contribution >= 4 is 123 Å². The molecule has 2 saturated heterocycles. The SMILES string of the molecule is NC(=O)c1c(Nc2cnc(-c3coc4c(=O)cc(N5CCOCC5)oc34)s2)nc(N[C@@H]2CCCC[C@@H]2O)n2ccnc12.NC(=O)c1c(Nc2cnc(-c3coc4c(=O)cc(N5CCOCC5)sc34)s2)nc(NCCO)n2ccnc12. The fourth-order valence-electron chi connectivity index (χ4n) is 9.62. The summed E-state index contributed by atoms with van der Waals surface area (Å²) in [6.45, 7) is 5.12. The molecule has 10 aromatic heterocycles. The topological polar surface area (TPSA) is 359 Å². The van der Waals surface area contributed by atoms with Crippen molar-refractivity contribution < 1.29 is 42.5 Å². The number of nitrogens with two attached hydrogens (primary N) is 2. The molecule has 2 aliphatic heterocycles. The van der Waals surface area contributed by atoms with E-state index in [0.29, 0.717) is 130 Å². The maximum Gasteiger partial charge on any atom is 0.256 e. The predicted molar refractivity (Wildman–Crippen MR) is 300 cm³/mol. The highest BCUT2D eigenvalue weighted by Gasteiger charge is 2.28. The molecule has 13 rings (SSSR count). The average Bonchev–Trinajstić information content (AvgIpc) is 4.42. The van der Waals surface area contributed by atoms with Crippen LogP contribution in [0.1, 0.15) is 46.4 Å². The highest BCUT2D eigenvalue weighted by molar-refractivity contribution is 7.23. The van der Waals surface area contributed by atoms with Crippen molar-refractivity contribution in [2.75, 3.05) is 96.8 Å². The van der Waals surface area contributed by atoms with Gasteiger partial charge in [0.05, 0.1) is 84.5 Å². The minimum Gasteiger partial charge on any atom is -0.459 e. The van der Waals surface area contributed by atoms with E-state index in [-0.39, 0.29) is 64.0 Å². The van der Waals surface area contributed by atoms with Gasteiger partial charge in [-0.2, -0.15) is 9.97 Å². The Morgan fingerprint density at radius 2 is 1.27 bits per heavy atom. The van der Waals surface area contributed by atoms with Gasteiger partial charge in [-0.25, -0.2) is 19.9 Å². The lowest BCUT2D eigenvalue weighted by Gasteiger charge is -2.29. The predicted octanol–water partition coefficient (Wildman–Crippen LogP) is 5.05. The van der Waals surface area contributed by atoms with E-state index >= 15 is 0 Å². The molecule has 1 aliphatic carbocycles. The molecule has 27 nitrogen and oxygen atoms in total. The van der Waals surface area contributed by atoms with E-state index in [1.54, 1.807) is 45.9 Å². The Morgan fingerprint density at radius 3 is 1.91 bits per heavy atom. The van der Waals surface area contributed by atoms with Gasteiger partial charge >= 0.3 is 0 Å². The zero-order valence-corrected chi connectivity index (χ0v) is 44.7. The number of imidazole rings is 2. The summed E-state index contributed by atoms with van der Waals surface area (Å²) in [6, 6.07) is 2.84. The molecule has 10 aromatic rings. The molecule has 0 spiro atoms. The van der Waals surface area contributed by atoms with Crippen LogP contribution < -0.4 is 53.4 Å². The van der Waals surface area contributed by atoms with E-state index in [9.17, 15) is 29.4 Å². The third-order valence-electron chi connectivity index (χ3n) is 13.5. The number of aromatic nitrogens is 8. The first-order valence-corrected chi connectivity index (χ1v) is 27.8. The van der Waals surface area contributed by atoms with E-state index in [0.717, 1.165) is 24.3 Å². The Balaban J connectivity index is 0.000000160. The number of nitrogens with one attached hydrogen (secondary N) is 4. The third kappa shape index (κ3) is 10.2. The van der Waals surface area contributed by atoms with Crippen molar-refractivity contribution in [1.29, 1.82) is 0 Å². The van der Waals surface area contributed by atoms with Crippen LogP contribution in [0, 0.1) is 0 Å². The van der Waals surface area contributed by atoms with Crippen LogP contribution in [0.5, 0.6) is 0 Å². The smallest absolute Gasteiger partial charge is 0.256 e. The molecule has 0 bridgehead atoms. The van der Waals surface area contributed by atoms with Gasteiger partial charge in [-0.05, 0) is 12.8 Å². The fraction of sp³-hybridized carbons (Fsp3) is 0.320. The Hall–Kier alpha value is -8.52. The van der Waals surface area contributed by atoms with Crippen LogP contribution in [-0.4, -0.2) is 139 Å². The molecule has 2 amide bonds. The van der Waals surface area contributed by atoms with Gasteiger partial charge in [-0.1, -0.05) is 35.5 Å². The van der Waals surface area contributed by atoms with Crippen LogP contribution in [0.15, 0.2) is 84.7 Å². The first-order chi connectivity index (χ1) is 39.0. The summed E-state index contributed by atoms with van der Waals surface area (Å²) in [5.41, 5.74) is 13.8. The summed E-state index contributed by atoms with van der Waals surface area (Å²) in [5, 5.41) is 35.6. The Morgan fingerprint density at radius 1 is 0.700 bits per heavy atom. The summed E-state index contributed by atoms with van der Waals surface area (Å²) in [7, 11) is 0. The maximum absolute atomic E-state index is 12.8. The van der Waals surface area contributed by atoms with Crippen molar-refractivity contribution in [2.45, 2.75) is 37.8 Å². The van der Waals surface area contributed by atoms with Gasteiger partial charge in [-0.15, -0.1) is 11.3 Å². The van der Waals surface area contributed by atoms with Gasteiger partial charge in [0.1, 0.15) is 43.7 Å². The van der Waals surface area contributed by atoms with E-state index in [1.165, 1.54) is 58.8 Å². The van der Waals surface area contributed by atoms with Crippen LogP contribution in [0.25, 0.3) is 53.9 Å². The lowest BCUT2D eigenvalue weighted by molar-refractivity contribution is 0.0993. The summed E-state index contributed by atoms with van der Waals surface area (Å²) in [6.07, 6.45) is 15.5. The number of rotatable bonds is 15. The number of thiazole rings is 2. The number of primary amides is 2. The molecule has 0 radical (unpaired) electrons. The van der Waals surface area contributed by atoms with E-state index in [1.807, 2.05) is 4.90 Å². The van der Waals surface area contributed by atoms with Gasteiger partial charge in [0.15, 0.2) is 40.0 Å². The van der Waals surface area contributed by atoms with Crippen LogP contribution in [-0.2, 0) is 9.47 Å². The van der Waals surface area contributed by atoms with Crippen LogP contribution >= 0.6 is 34.0 Å². The third-order valence-corrected chi connectivity index (χ3v) is 16.6. The second-order valence-electron chi connectivity index (χ2n) is 18.6. The molecule has 0 unspecified atom stereocenters. The summed E-state index contributed by atoms with van der Waals surface area (Å²) in [4.78, 5) is 81.4. The lowest BCUT2D eigenvalue weighted by Crippen LogP contribution is -2.37. The highest BCUT2D eigenvalue weighted by atomic mass is 32.1. The molecule has 12 heterocycles. The largest absolute Gasteiger partial charge is 0.459 e. The summed E-state index contributed by atoms with van der Waals surface area (Å²) >= 11 is 4.04. The molecule has 1 saturated carbocycles. The molecule has 30 heteroatoms. The maximum atomic E-state index is 12.8. The van der Waals surface area contributed by atoms with Gasteiger partial charge < -0.3 is 75.5 Å². The van der Waals surface area contributed by atoms with Crippen molar-refractivity contribution in [1.82, 2.24) is 38.7 Å². The Kier molecular flexibility index (Phi) is 14.6. The summed E-state index contributed by atoms with van der Waals surface area (Å²) in [5.74, 6) is 0.239. The van der Waals surface area contributed by atoms with Gasteiger partial charge in [0.25, 0.3) is 11.8 Å². The lowest BCUT2D eigenvalue weighted by atomic mass is 9.93. The Labute approximate surface area is 462 Å². The number of aliphatic hydroxyl groups excluding tert-OH is 2. The zero-order valence-electron chi connectivity index (χ0n) is 42.2. The van der Waals surface area contributed by atoms with Crippen molar-refractivity contribution in [3.05, 3.63) is 93.4 Å². The standard InChI is InChI=1S/C27H28N8O6S.C23H22N8O5S2/c28-23(38)20-24(33-27(35-6-5-29-25(20)35)31-15-3-1-2-4-16(15)36)32-18-12-30-26(42-18)14-13-40-22-17(37)11-19(41-21(14)22)34-7-9-39-10-8-34;24-19(34)16-20(29-23(26-2-6-32)31-3-1-25-21(16)31)28-14-10-27-22(37-14)12-11-36-17-13(33)9-15(38-18(12)17)30-4-7-35-8-5-30/h5-6,11-13,15-16,32,36H,1-4,7-10H2,(H2,28,38)(H,31,33);1,3,9-11,28,32H,2,4-8H2,(H2,24,34)(H,26,29)/t15-,16+;/m1./s1. The average molecular weight is 1150 g/mol. The fourth-order valence-corrected chi connectivity index (χ4v) is 12.5. The molecule has 414 valence electrons. The van der Waals surface area contributed by atoms with Crippen molar-refractivity contribution in [3.8, 4) is 21.1 Å². The zero-order chi connectivity index (χ0) is 55.0. The van der Waals surface area contributed by atoms with Crippen LogP contribution in [0.4, 0.5) is 44.4 Å². The van der Waals surface area contributed by atoms with E-state index in [4.69, 9.17) is 34.2 Å². The van der Waals surface area contributed by atoms with Gasteiger partial charge in [0, 0.05) is 63.6 Å². The number of morpholine rings is 2. The number of aliphatic hydroxyl groups is 2. The first kappa shape index (κ1) is 52.2. The molecular weight excluding hydrogens is 1100 g/mol. The number of hydrogen-bond acceptors (Lipinski definition) is 26. The number of furan rings is 2. The summed E-state index contributed by atoms with van der Waals surface area (Å²) < 4.78 is 32.1. The molecule has 3 aliphatic rings. The quantitative estimate of drug-likeness (QED) is 0.0665. The normalized spacial score (nSPS) is 16.8. The second kappa shape index (κ2) is 22.3. The van der Waals surface area contributed by atoms with Crippen LogP contribution in [0.3, 0.4) is 0 Å². The minimum absolute atomic E-state index is 0.103. The first-order valence-electron chi connectivity index (χ1n) is 25.3. The number of carbonyl (C=O) groups excluding carboxylic acids is 2. The number of ether oxygens (including phenoxy) is 2. The van der Waals surface area contributed by atoms with Gasteiger partial charge in [-0.3, -0.25) is 28.0 Å². The minimum atomic E-state index is -0.701. The van der Waals surface area contributed by atoms with E-state index in [2.05, 4.69) is 56.1 Å². The molecule has 2 atom stereocenters. The molecule has 80 heavy (non-hydrogen) atoms. The second-order valence-corrected chi connectivity index (χ2v) is 21.7. The highest BCUT2D eigenvalue weighted by Crippen LogP contribution is 2.41. The van der Waals surface area contributed by atoms with Crippen LogP contribution in [0.2, 0.25) is 0 Å². The van der Waals surface area contributed by atoms with Gasteiger partial charge in [0.2, 0.25) is 28.3 Å². The molecule has 3 fully saturated rings.